The number of ether oxygens (including phenoxy) is 1. The average molecular weight is 520 g/mol. The second-order valence-corrected chi connectivity index (χ2v) is 9.70. The van der Waals surface area contributed by atoms with Gasteiger partial charge in [-0.25, -0.2) is 4.98 Å². The molecule has 0 saturated carbocycles. The molecule has 0 spiro atoms. The molecule has 0 aliphatic carbocycles. The Balaban J connectivity index is 1.30. The molecule has 2 heterocycles. The third-order valence-electron chi connectivity index (χ3n) is 4.60. The number of hydrogen-bond acceptors (Lipinski definition) is 7. The molecule has 33 heavy (non-hydrogen) atoms. The van der Waals surface area contributed by atoms with Crippen molar-refractivity contribution in [2.75, 3.05) is 11.1 Å². The SMILES string of the molecule is Cc1ccc(OCc2nnc(SCC(=O)Nc3nc(-c4ccc(Cl)cc4Cl)cs3)n2C)cc1. The predicted molar refractivity (Wildman–Crippen MR) is 133 cm³/mol. The van der Waals surface area contributed by atoms with Gasteiger partial charge in [0.1, 0.15) is 12.4 Å². The highest BCUT2D eigenvalue weighted by molar-refractivity contribution is 7.99. The minimum Gasteiger partial charge on any atom is -0.486 e. The fourth-order valence-corrected chi connectivity index (χ4v) is 4.78. The third kappa shape index (κ3) is 6.05. The summed E-state index contributed by atoms with van der Waals surface area (Å²) < 4.78 is 7.58. The van der Waals surface area contributed by atoms with Crippen molar-refractivity contribution in [2.45, 2.75) is 18.7 Å². The first-order chi connectivity index (χ1) is 15.9. The number of nitrogens with zero attached hydrogens (tertiary/aromatic N) is 4. The number of thiazole rings is 1. The number of carbonyl (C=O) groups excluding carboxylic acids is 1. The smallest absolute Gasteiger partial charge is 0.236 e. The Hall–Kier alpha value is -2.59. The maximum atomic E-state index is 12.4. The molecule has 170 valence electrons. The molecule has 0 atom stereocenters. The number of thioether (sulfide) groups is 1. The topological polar surface area (TPSA) is 81.9 Å². The maximum Gasteiger partial charge on any atom is 0.236 e. The summed E-state index contributed by atoms with van der Waals surface area (Å²) in [5, 5.41) is 15.1. The van der Waals surface area contributed by atoms with Gasteiger partial charge in [0.05, 0.1) is 16.5 Å². The van der Waals surface area contributed by atoms with Crippen molar-refractivity contribution >= 4 is 57.3 Å². The maximum absolute atomic E-state index is 12.4. The van der Waals surface area contributed by atoms with Crippen LogP contribution in [0.15, 0.2) is 53.0 Å². The lowest BCUT2D eigenvalue weighted by Crippen LogP contribution is -2.14. The highest BCUT2D eigenvalue weighted by Crippen LogP contribution is 2.32. The Bertz CT molecular complexity index is 1270. The normalized spacial score (nSPS) is 10.9. The van der Waals surface area contributed by atoms with E-state index in [1.165, 1.54) is 28.7 Å². The van der Waals surface area contributed by atoms with E-state index in [0.29, 0.717) is 31.9 Å². The molecule has 7 nitrogen and oxygen atoms in total. The van der Waals surface area contributed by atoms with Gasteiger partial charge in [0, 0.05) is 23.0 Å². The highest BCUT2D eigenvalue weighted by atomic mass is 35.5. The van der Waals surface area contributed by atoms with Crippen LogP contribution in [0.1, 0.15) is 11.4 Å². The summed E-state index contributed by atoms with van der Waals surface area (Å²) in [5.41, 5.74) is 2.60. The Morgan fingerprint density at radius 3 is 2.73 bits per heavy atom. The van der Waals surface area contributed by atoms with Gasteiger partial charge in [-0.1, -0.05) is 52.7 Å². The first kappa shape index (κ1) is 23.6. The van der Waals surface area contributed by atoms with Gasteiger partial charge in [-0.3, -0.25) is 4.79 Å². The molecule has 0 unspecified atom stereocenters. The molecule has 0 aliphatic rings. The van der Waals surface area contributed by atoms with Crippen molar-refractivity contribution in [1.82, 2.24) is 19.7 Å². The summed E-state index contributed by atoms with van der Waals surface area (Å²) in [4.78, 5) is 16.9. The van der Waals surface area contributed by atoms with Crippen LogP contribution >= 0.6 is 46.3 Å². The van der Waals surface area contributed by atoms with Gasteiger partial charge < -0.3 is 14.6 Å². The van der Waals surface area contributed by atoms with Gasteiger partial charge in [0.15, 0.2) is 16.1 Å². The van der Waals surface area contributed by atoms with E-state index in [2.05, 4.69) is 20.5 Å². The lowest BCUT2D eigenvalue weighted by Gasteiger charge is -2.07. The second kappa shape index (κ2) is 10.6. The molecular weight excluding hydrogens is 501 g/mol. The Kier molecular flexibility index (Phi) is 7.54. The molecule has 4 rings (SSSR count). The summed E-state index contributed by atoms with van der Waals surface area (Å²) in [6.07, 6.45) is 0. The second-order valence-electron chi connectivity index (χ2n) is 7.06. The van der Waals surface area contributed by atoms with Crippen LogP contribution in [0.2, 0.25) is 10.0 Å². The van der Waals surface area contributed by atoms with E-state index in [-0.39, 0.29) is 18.3 Å². The van der Waals surface area contributed by atoms with Gasteiger partial charge in [0.25, 0.3) is 0 Å². The van der Waals surface area contributed by atoms with Crippen LogP contribution in [0.25, 0.3) is 11.3 Å². The van der Waals surface area contributed by atoms with Gasteiger partial charge in [-0.2, -0.15) is 0 Å². The zero-order chi connectivity index (χ0) is 23.4. The van der Waals surface area contributed by atoms with Crippen molar-refractivity contribution in [2.24, 2.45) is 7.05 Å². The standard InChI is InChI=1S/C22H19Cl2N5O2S2/c1-13-3-6-15(7-4-13)31-10-19-27-28-22(29(19)2)33-12-20(30)26-21-25-18(11-32-21)16-8-5-14(23)9-17(16)24/h3-9,11H,10,12H2,1-2H3,(H,25,26,30). The van der Waals surface area contributed by atoms with E-state index in [0.717, 1.165) is 11.3 Å². The number of halogens is 2. The minimum absolute atomic E-state index is 0.168. The molecule has 0 radical (unpaired) electrons. The van der Waals surface area contributed by atoms with Crippen molar-refractivity contribution in [3.63, 3.8) is 0 Å². The summed E-state index contributed by atoms with van der Waals surface area (Å²) in [6, 6.07) is 13.0. The summed E-state index contributed by atoms with van der Waals surface area (Å²) >= 11 is 14.8. The van der Waals surface area contributed by atoms with Gasteiger partial charge in [-0.15, -0.1) is 21.5 Å². The van der Waals surface area contributed by atoms with E-state index in [1.54, 1.807) is 18.2 Å². The number of aryl methyl sites for hydroxylation is 1. The molecular formula is C22H19Cl2N5O2S2. The lowest BCUT2D eigenvalue weighted by atomic mass is 10.2. The highest BCUT2D eigenvalue weighted by Gasteiger charge is 2.14. The number of hydrogen-bond donors (Lipinski definition) is 1. The molecule has 0 bridgehead atoms. The molecule has 1 amide bonds. The molecule has 0 saturated heterocycles. The zero-order valence-corrected chi connectivity index (χ0v) is 20.9. The van der Waals surface area contributed by atoms with Crippen LogP contribution < -0.4 is 10.1 Å². The molecule has 11 heteroatoms. The van der Waals surface area contributed by atoms with Crippen LogP contribution in [0, 0.1) is 6.92 Å². The number of amides is 1. The molecule has 4 aromatic rings. The fraction of sp³-hybridized carbons (Fsp3) is 0.182. The molecule has 2 aromatic heterocycles. The van der Waals surface area contributed by atoms with E-state index in [9.17, 15) is 4.79 Å². The summed E-state index contributed by atoms with van der Waals surface area (Å²) in [6.45, 7) is 2.31. The van der Waals surface area contributed by atoms with Crippen LogP contribution in [-0.4, -0.2) is 31.4 Å². The van der Waals surface area contributed by atoms with Crippen LogP contribution in [0.3, 0.4) is 0 Å². The first-order valence-corrected chi connectivity index (χ1v) is 12.4. The number of anilines is 1. The Labute approximate surface area is 209 Å². The van der Waals surface area contributed by atoms with Gasteiger partial charge >= 0.3 is 0 Å². The first-order valence-electron chi connectivity index (χ1n) is 9.80. The lowest BCUT2D eigenvalue weighted by molar-refractivity contribution is -0.113. The Morgan fingerprint density at radius 1 is 1.18 bits per heavy atom. The largest absolute Gasteiger partial charge is 0.486 e. The van der Waals surface area contributed by atoms with E-state index in [4.69, 9.17) is 27.9 Å². The number of carbonyl (C=O) groups is 1. The van der Waals surface area contributed by atoms with Gasteiger partial charge in [0.2, 0.25) is 5.91 Å². The number of aromatic nitrogens is 4. The van der Waals surface area contributed by atoms with Crippen LogP contribution in [0.5, 0.6) is 5.75 Å². The predicted octanol–water partition coefficient (Wildman–Crippen LogP) is 5.86. The monoisotopic (exact) mass is 519 g/mol. The van der Waals surface area contributed by atoms with Crippen LogP contribution in [-0.2, 0) is 18.4 Å². The van der Waals surface area contributed by atoms with Crippen molar-refractivity contribution in [3.05, 3.63) is 69.3 Å². The quantitative estimate of drug-likeness (QED) is 0.293. The van der Waals surface area contributed by atoms with E-state index < -0.39 is 0 Å². The van der Waals surface area contributed by atoms with Crippen molar-refractivity contribution < 1.29 is 9.53 Å². The van der Waals surface area contributed by atoms with Crippen LogP contribution in [0.4, 0.5) is 5.13 Å². The van der Waals surface area contributed by atoms with E-state index >= 15 is 0 Å². The van der Waals surface area contributed by atoms with Crippen molar-refractivity contribution in [1.29, 1.82) is 0 Å². The number of benzene rings is 2. The Morgan fingerprint density at radius 2 is 1.97 bits per heavy atom. The third-order valence-corrected chi connectivity index (χ3v) is 6.93. The number of rotatable bonds is 8. The van der Waals surface area contributed by atoms with Crippen molar-refractivity contribution in [3.8, 4) is 17.0 Å². The molecule has 0 aliphatic heterocycles. The summed E-state index contributed by atoms with van der Waals surface area (Å²) in [5.74, 6) is 1.41. The molecule has 1 N–H and O–H groups in total. The summed E-state index contributed by atoms with van der Waals surface area (Å²) in [7, 11) is 1.84. The molecule has 2 aromatic carbocycles. The minimum atomic E-state index is -0.191. The zero-order valence-electron chi connectivity index (χ0n) is 17.7. The van der Waals surface area contributed by atoms with E-state index in [1.807, 2.05) is 48.2 Å². The average Bonchev–Trinajstić information content (AvgIpc) is 3.38. The number of nitrogens with one attached hydrogen (secondary N) is 1. The van der Waals surface area contributed by atoms with Gasteiger partial charge in [-0.05, 0) is 37.3 Å². The molecule has 0 fully saturated rings. The fourth-order valence-electron chi connectivity index (χ4n) is 2.82.